The lowest BCUT2D eigenvalue weighted by Crippen LogP contribution is -2.22. The van der Waals surface area contributed by atoms with Gasteiger partial charge in [0, 0.05) is 18.3 Å². The van der Waals surface area contributed by atoms with Crippen LogP contribution in [-0.4, -0.2) is 25.0 Å². The van der Waals surface area contributed by atoms with Crippen LogP contribution in [0.3, 0.4) is 0 Å². The fourth-order valence-electron chi connectivity index (χ4n) is 2.15. The van der Waals surface area contributed by atoms with Gasteiger partial charge in [-0.2, -0.15) is 0 Å². The predicted octanol–water partition coefficient (Wildman–Crippen LogP) is 3.65. The molecule has 0 heterocycles. The summed E-state index contributed by atoms with van der Waals surface area (Å²) in [6.07, 6.45) is 0. The van der Waals surface area contributed by atoms with Crippen molar-refractivity contribution in [3.05, 3.63) is 60.7 Å². The van der Waals surface area contributed by atoms with Crippen LogP contribution < -0.4 is 20.7 Å². The Kier molecular flexibility index (Phi) is 6.79. The van der Waals surface area contributed by atoms with Crippen LogP contribution in [0.2, 0.25) is 0 Å². The normalized spacial score (nSPS) is 9.92. The first-order chi connectivity index (χ1) is 12.4. The molecule has 0 aromatic heterocycles. The summed E-state index contributed by atoms with van der Waals surface area (Å²) in [7, 11) is 0. The lowest BCUT2D eigenvalue weighted by molar-refractivity contribution is -0.115. The molecule has 0 unspecified atom stereocenters. The number of amides is 2. The molecule has 0 spiro atoms. The van der Waals surface area contributed by atoms with Gasteiger partial charge in [0.1, 0.15) is 12.4 Å². The SMILES string of the molecule is C=C(C)COc1ccccc1NC(=O)CNc1ccc(NC(C)=O)cc1. The van der Waals surface area contributed by atoms with E-state index in [1.165, 1.54) is 6.92 Å². The molecule has 2 aromatic carbocycles. The first-order valence-electron chi connectivity index (χ1n) is 8.21. The second-order valence-corrected chi connectivity index (χ2v) is 5.90. The highest BCUT2D eigenvalue weighted by Gasteiger charge is 2.08. The van der Waals surface area contributed by atoms with Crippen LogP contribution in [0, 0.1) is 0 Å². The van der Waals surface area contributed by atoms with Crippen molar-refractivity contribution in [3.8, 4) is 5.75 Å². The molecule has 0 aliphatic rings. The third-order valence-electron chi connectivity index (χ3n) is 3.29. The van der Waals surface area contributed by atoms with E-state index in [1.807, 2.05) is 19.1 Å². The number of hydrogen-bond acceptors (Lipinski definition) is 4. The number of hydrogen-bond donors (Lipinski definition) is 3. The second-order valence-electron chi connectivity index (χ2n) is 5.90. The van der Waals surface area contributed by atoms with Crippen LogP contribution in [0.15, 0.2) is 60.7 Å². The van der Waals surface area contributed by atoms with Gasteiger partial charge < -0.3 is 20.7 Å². The molecule has 2 rings (SSSR count). The zero-order valence-corrected chi connectivity index (χ0v) is 15.0. The number of carbonyl (C=O) groups is 2. The molecule has 6 nitrogen and oxygen atoms in total. The van der Waals surface area contributed by atoms with E-state index in [9.17, 15) is 9.59 Å². The van der Waals surface area contributed by atoms with E-state index in [0.717, 1.165) is 11.3 Å². The highest BCUT2D eigenvalue weighted by molar-refractivity contribution is 5.95. The highest BCUT2D eigenvalue weighted by atomic mass is 16.5. The van der Waals surface area contributed by atoms with E-state index in [0.29, 0.717) is 23.7 Å². The van der Waals surface area contributed by atoms with Crippen molar-refractivity contribution < 1.29 is 14.3 Å². The highest BCUT2D eigenvalue weighted by Crippen LogP contribution is 2.24. The van der Waals surface area contributed by atoms with Crippen LogP contribution in [0.5, 0.6) is 5.75 Å². The largest absolute Gasteiger partial charge is 0.487 e. The number of anilines is 3. The Bertz CT molecular complexity index is 785. The van der Waals surface area contributed by atoms with Crippen LogP contribution >= 0.6 is 0 Å². The Labute approximate surface area is 153 Å². The molecule has 6 heteroatoms. The average Bonchev–Trinajstić information content (AvgIpc) is 2.60. The molecule has 0 aliphatic heterocycles. The maximum atomic E-state index is 12.2. The summed E-state index contributed by atoms with van der Waals surface area (Å²) in [4.78, 5) is 23.2. The van der Waals surface area contributed by atoms with Crippen molar-refractivity contribution in [3.63, 3.8) is 0 Å². The fourth-order valence-corrected chi connectivity index (χ4v) is 2.15. The average molecular weight is 353 g/mol. The third-order valence-corrected chi connectivity index (χ3v) is 3.29. The number of para-hydroxylation sites is 2. The van der Waals surface area contributed by atoms with Crippen molar-refractivity contribution in [1.29, 1.82) is 0 Å². The van der Waals surface area contributed by atoms with Gasteiger partial charge in [-0.3, -0.25) is 9.59 Å². The lowest BCUT2D eigenvalue weighted by Gasteiger charge is -2.13. The fraction of sp³-hybridized carbons (Fsp3) is 0.200. The Hall–Kier alpha value is -3.28. The number of benzene rings is 2. The summed E-state index contributed by atoms with van der Waals surface area (Å²) in [5, 5.41) is 8.55. The summed E-state index contributed by atoms with van der Waals surface area (Å²) in [6.45, 7) is 7.63. The van der Waals surface area contributed by atoms with Gasteiger partial charge in [-0.15, -0.1) is 0 Å². The van der Waals surface area contributed by atoms with E-state index in [1.54, 1.807) is 36.4 Å². The van der Waals surface area contributed by atoms with Gasteiger partial charge in [0.2, 0.25) is 11.8 Å². The minimum atomic E-state index is -0.192. The predicted molar refractivity (Wildman–Crippen MR) is 105 cm³/mol. The molecule has 2 aromatic rings. The lowest BCUT2D eigenvalue weighted by atomic mass is 10.2. The van der Waals surface area contributed by atoms with E-state index >= 15 is 0 Å². The topological polar surface area (TPSA) is 79.5 Å². The molecule has 0 saturated heterocycles. The maximum Gasteiger partial charge on any atom is 0.243 e. The molecular formula is C20H23N3O3. The molecule has 0 atom stereocenters. The van der Waals surface area contributed by atoms with Gasteiger partial charge in [-0.05, 0) is 48.9 Å². The molecule has 0 bridgehead atoms. The van der Waals surface area contributed by atoms with Crippen LogP contribution in [-0.2, 0) is 9.59 Å². The minimum absolute atomic E-state index is 0.105. The number of rotatable bonds is 8. The van der Waals surface area contributed by atoms with Gasteiger partial charge in [0.15, 0.2) is 0 Å². The first kappa shape index (κ1) is 19.1. The van der Waals surface area contributed by atoms with Gasteiger partial charge in [-0.25, -0.2) is 0 Å². The van der Waals surface area contributed by atoms with Crippen molar-refractivity contribution in [2.24, 2.45) is 0 Å². The summed E-state index contributed by atoms with van der Waals surface area (Å²) < 4.78 is 5.64. The van der Waals surface area contributed by atoms with E-state index in [4.69, 9.17) is 4.74 Å². The monoisotopic (exact) mass is 353 g/mol. The molecule has 26 heavy (non-hydrogen) atoms. The molecule has 0 radical (unpaired) electrons. The van der Waals surface area contributed by atoms with E-state index in [-0.39, 0.29) is 18.4 Å². The number of carbonyl (C=O) groups excluding carboxylic acids is 2. The summed E-state index contributed by atoms with van der Waals surface area (Å²) in [6, 6.07) is 14.4. The van der Waals surface area contributed by atoms with Gasteiger partial charge in [0.05, 0.1) is 12.2 Å². The van der Waals surface area contributed by atoms with E-state index < -0.39 is 0 Å². The van der Waals surface area contributed by atoms with Gasteiger partial charge in [0.25, 0.3) is 0 Å². The van der Waals surface area contributed by atoms with Crippen molar-refractivity contribution >= 4 is 28.9 Å². The zero-order valence-electron chi connectivity index (χ0n) is 15.0. The molecule has 2 amide bonds. The Morgan fingerprint density at radius 3 is 2.27 bits per heavy atom. The Morgan fingerprint density at radius 2 is 1.62 bits per heavy atom. The van der Waals surface area contributed by atoms with Crippen LogP contribution in [0.25, 0.3) is 0 Å². The Morgan fingerprint density at radius 1 is 0.962 bits per heavy atom. The summed E-state index contributed by atoms with van der Waals surface area (Å²) in [5.41, 5.74) is 2.99. The maximum absolute atomic E-state index is 12.2. The molecule has 0 aliphatic carbocycles. The summed E-state index contributed by atoms with van der Waals surface area (Å²) >= 11 is 0. The van der Waals surface area contributed by atoms with Crippen LogP contribution in [0.4, 0.5) is 17.1 Å². The van der Waals surface area contributed by atoms with Gasteiger partial charge in [-0.1, -0.05) is 18.7 Å². The van der Waals surface area contributed by atoms with Crippen LogP contribution in [0.1, 0.15) is 13.8 Å². The standard InChI is InChI=1S/C20H23N3O3/c1-14(2)13-26-19-7-5-4-6-18(19)23-20(25)12-21-16-8-10-17(11-9-16)22-15(3)24/h4-11,21H,1,12-13H2,2-3H3,(H,22,24)(H,23,25). The molecular weight excluding hydrogens is 330 g/mol. The molecule has 3 N–H and O–H groups in total. The molecule has 0 fully saturated rings. The first-order valence-corrected chi connectivity index (χ1v) is 8.21. The summed E-state index contributed by atoms with van der Waals surface area (Å²) in [5.74, 6) is 0.281. The van der Waals surface area contributed by atoms with Gasteiger partial charge >= 0.3 is 0 Å². The molecule has 0 saturated carbocycles. The zero-order chi connectivity index (χ0) is 18.9. The second kappa shape index (κ2) is 9.27. The van der Waals surface area contributed by atoms with Crippen molar-refractivity contribution in [2.75, 3.05) is 29.1 Å². The van der Waals surface area contributed by atoms with E-state index in [2.05, 4.69) is 22.5 Å². The van der Waals surface area contributed by atoms with Crippen molar-refractivity contribution in [1.82, 2.24) is 0 Å². The van der Waals surface area contributed by atoms with Crippen molar-refractivity contribution in [2.45, 2.75) is 13.8 Å². The smallest absolute Gasteiger partial charge is 0.243 e. The minimum Gasteiger partial charge on any atom is -0.487 e. The number of nitrogens with one attached hydrogen (secondary N) is 3. The quantitative estimate of drug-likeness (QED) is 0.633. The number of ether oxygens (including phenoxy) is 1. The Balaban J connectivity index is 1.89. The third kappa shape index (κ3) is 6.32. The molecule has 136 valence electrons.